The van der Waals surface area contributed by atoms with Gasteiger partial charge in [-0.3, -0.25) is 0 Å². The van der Waals surface area contributed by atoms with Crippen molar-refractivity contribution < 1.29 is 0 Å². The molecule has 0 fully saturated rings. The monoisotopic (exact) mass is 629 g/mol. The number of nitrogens with zero attached hydrogens (tertiary/aromatic N) is 1. The Morgan fingerprint density at radius 3 is 1.29 bits per heavy atom. The van der Waals surface area contributed by atoms with Crippen molar-refractivity contribution in [2.45, 2.75) is 38.5 Å². The molecule has 0 spiro atoms. The molecule has 7 aromatic carbocycles. The summed E-state index contributed by atoms with van der Waals surface area (Å²) in [7, 11) is 0. The average molecular weight is 630 g/mol. The van der Waals surface area contributed by atoms with E-state index in [1.165, 1.54) is 72.4 Å². The summed E-state index contributed by atoms with van der Waals surface area (Å²) in [6.45, 7) is 9.38. The van der Waals surface area contributed by atoms with E-state index in [-0.39, 0.29) is 10.8 Å². The maximum atomic E-state index is 2.40. The van der Waals surface area contributed by atoms with Gasteiger partial charge in [-0.15, -0.1) is 0 Å². The molecular weight excluding hydrogens is 591 g/mol. The normalized spacial score (nSPS) is 14.4. The summed E-state index contributed by atoms with van der Waals surface area (Å²) in [5.74, 6) is 0. The molecule has 0 saturated carbocycles. The molecule has 0 N–H and O–H groups in total. The van der Waals surface area contributed by atoms with Gasteiger partial charge in [0.2, 0.25) is 0 Å². The minimum absolute atomic E-state index is 0.00173. The van der Waals surface area contributed by atoms with Crippen molar-refractivity contribution in [2.75, 3.05) is 4.90 Å². The van der Waals surface area contributed by atoms with Gasteiger partial charge in [0.05, 0.1) is 0 Å². The largest absolute Gasteiger partial charge is 0.310 e. The molecule has 0 atom stereocenters. The average Bonchev–Trinajstić information content (AvgIpc) is 3.52. The van der Waals surface area contributed by atoms with E-state index < -0.39 is 0 Å². The Morgan fingerprint density at radius 2 is 0.694 bits per heavy atom. The van der Waals surface area contributed by atoms with E-state index in [4.69, 9.17) is 0 Å². The molecule has 2 aliphatic carbocycles. The summed E-state index contributed by atoms with van der Waals surface area (Å²) in [4.78, 5) is 2.37. The van der Waals surface area contributed by atoms with Crippen molar-refractivity contribution in [1.82, 2.24) is 0 Å². The molecule has 49 heavy (non-hydrogen) atoms. The SMILES string of the molecule is CC1(C)c2ccccc2-c2ccc(-c3ccc(-c4ccc(N(c5ccccc5)c5ccc6c(c5)C(C)(C)c5ccccc5-6)cc4)cc3)cc21. The molecule has 1 heteroatoms. The van der Waals surface area contributed by atoms with Gasteiger partial charge < -0.3 is 4.90 Å². The number of hydrogen-bond acceptors (Lipinski definition) is 1. The molecule has 0 unspecified atom stereocenters. The standard InChI is InChI=1S/C48H39N/c1-47(2)43-16-10-8-14-39(43)41-28-24-35(30-45(41)47)34-20-18-32(19-21-34)33-22-25-37(26-23-33)49(36-12-6-5-7-13-36)38-27-29-42-40-15-9-11-17-44(40)48(3,4)46(42)31-38/h5-31H,1-4H3. The van der Waals surface area contributed by atoms with E-state index in [9.17, 15) is 0 Å². The Labute approximate surface area is 290 Å². The van der Waals surface area contributed by atoms with Gasteiger partial charge in [-0.05, 0) is 109 Å². The highest BCUT2D eigenvalue weighted by Crippen LogP contribution is 2.51. The lowest BCUT2D eigenvalue weighted by atomic mass is 9.81. The van der Waals surface area contributed by atoms with Gasteiger partial charge in [0.1, 0.15) is 0 Å². The summed E-state index contributed by atoms with van der Waals surface area (Å²) in [6, 6.07) is 60.4. The highest BCUT2D eigenvalue weighted by Gasteiger charge is 2.36. The van der Waals surface area contributed by atoms with E-state index in [1.807, 2.05) is 0 Å². The van der Waals surface area contributed by atoms with Crippen molar-refractivity contribution in [2.24, 2.45) is 0 Å². The number of hydrogen-bond donors (Lipinski definition) is 0. The fourth-order valence-electron chi connectivity index (χ4n) is 8.40. The van der Waals surface area contributed by atoms with Crippen molar-refractivity contribution in [3.63, 3.8) is 0 Å². The van der Waals surface area contributed by atoms with E-state index >= 15 is 0 Å². The first-order valence-corrected chi connectivity index (χ1v) is 17.4. The lowest BCUT2D eigenvalue weighted by Crippen LogP contribution is -2.16. The first-order chi connectivity index (χ1) is 23.8. The smallest absolute Gasteiger partial charge is 0.0465 e. The fourth-order valence-corrected chi connectivity index (χ4v) is 8.40. The Bertz CT molecular complexity index is 2360. The molecule has 0 heterocycles. The lowest BCUT2D eigenvalue weighted by Gasteiger charge is -2.28. The zero-order chi connectivity index (χ0) is 33.3. The molecular formula is C48H39N. The topological polar surface area (TPSA) is 3.24 Å². The van der Waals surface area contributed by atoms with E-state index in [1.54, 1.807) is 0 Å². The van der Waals surface area contributed by atoms with Gasteiger partial charge in [0, 0.05) is 27.9 Å². The molecule has 0 amide bonds. The Kier molecular flexibility index (Phi) is 6.58. The summed E-state index contributed by atoms with van der Waals surface area (Å²) in [6.07, 6.45) is 0. The maximum absolute atomic E-state index is 2.40. The number of para-hydroxylation sites is 1. The van der Waals surface area contributed by atoms with Crippen molar-refractivity contribution >= 4 is 17.1 Å². The van der Waals surface area contributed by atoms with Crippen LogP contribution in [0.25, 0.3) is 44.5 Å². The van der Waals surface area contributed by atoms with Crippen LogP contribution in [0.3, 0.4) is 0 Å². The summed E-state index contributed by atoms with van der Waals surface area (Å²) >= 11 is 0. The van der Waals surface area contributed by atoms with E-state index in [2.05, 4.69) is 196 Å². The number of benzene rings is 7. The molecule has 0 saturated heterocycles. The second kappa shape index (κ2) is 10.9. The summed E-state index contributed by atoms with van der Waals surface area (Å²) in [5.41, 5.74) is 19.3. The van der Waals surface area contributed by atoms with Crippen LogP contribution >= 0.6 is 0 Å². The van der Waals surface area contributed by atoms with Crippen LogP contribution in [0.5, 0.6) is 0 Å². The molecule has 0 bridgehead atoms. The minimum Gasteiger partial charge on any atom is -0.310 e. The van der Waals surface area contributed by atoms with Gasteiger partial charge in [0.15, 0.2) is 0 Å². The molecule has 1 nitrogen and oxygen atoms in total. The molecule has 0 aliphatic heterocycles. The Hall–Kier alpha value is -5.66. The molecule has 0 radical (unpaired) electrons. The van der Waals surface area contributed by atoms with Gasteiger partial charge >= 0.3 is 0 Å². The first-order valence-electron chi connectivity index (χ1n) is 17.4. The van der Waals surface area contributed by atoms with Crippen molar-refractivity contribution in [3.05, 3.63) is 186 Å². The zero-order valence-electron chi connectivity index (χ0n) is 28.5. The van der Waals surface area contributed by atoms with Crippen LogP contribution in [0, 0.1) is 0 Å². The third kappa shape index (κ3) is 4.60. The number of anilines is 3. The first kappa shape index (κ1) is 29.5. The van der Waals surface area contributed by atoms with E-state index in [0.29, 0.717) is 0 Å². The van der Waals surface area contributed by atoms with Gasteiger partial charge in [-0.1, -0.05) is 149 Å². The number of fused-ring (bicyclic) bond motifs is 6. The zero-order valence-corrected chi connectivity index (χ0v) is 28.5. The molecule has 2 aliphatic rings. The Morgan fingerprint density at radius 1 is 0.306 bits per heavy atom. The minimum atomic E-state index is -0.0543. The maximum Gasteiger partial charge on any atom is 0.0465 e. The van der Waals surface area contributed by atoms with Crippen LogP contribution in [-0.4, -0.2) is 0 Å². The van der Waals surface area contributed by atoms with Gasteiger partial charge in [-0.2, -0.15) is 0 Å². The van der Waals surface area contributed by atoms with Crippen LogP contribution in [-0.2, 0) is 10.8 Å². The van der Waals surface area contributed by atoms with Crippen molar-refractivity contribution in [1.29, 1.82) is 0 Å². The van der Waals surface area contributed by atoms with Crippen LogP contribution in [0.2, 0.25) is 0 Å². The summed E-state index contributed by atoms with van der Waals surface area (Å²) in [5, 5.41) is 0. The predicted octanol–water partition coefficient (Wildman–Crippen LogP) is 13.1. The second-order valence-electron chi connectivity index (χ2n) is 14.6. The molecule has 7 aromatic rings. The van der Waals surface area contributed by atoms with Crippen molar-refractivity contribution in [3.8, 4) is 44.5 Å². The van der Waals surface area contributed by atoms with Gasteiger partial charge in [0.25, 0.3) is 0 Å². The Balaban J connectivity index is 1.03. The third-order valence-electron chi connectivity index (χ3n) is 11.1. The third-order valence-corrected chi connectivity index (χ3v) is 11.1. The second-order valence-corrected chi connectivity index (χ2v) is 14.6. The highest BCUT2D eigenvalue weighted by molar-refractivity contribution is 5.87. The fraction of sp³-hybridized carbons (Fsp3) is 0.125. The van der Waals surface area contributed by atoms with E-state index in [0.717, 1.165) is 11.4 Å². The predicted molar refractivity (Wildman–Crippen MR) is 207 cm³/mol. The van der Waals surface area contributed by atoms with Crippen LogP contribution in [0.4, 0.5) is 17.1 Å². The highest BCUT2D eigenvalue weighted by atomic mass is 15.1. The summed E-state index contributed by atoms with van der Waals surface area (Å²) < 4.78 is 0. The van der Waals surface area contributed by atoms with Crippen LogP contribution in [0.15, 0.2) is 164 Å². The quantitative estimate of drug-likeness (QED) is 0.183. The molecule has 9 rings (SSSR count). The molecule has 236 valence electrons. The van der Waals surface area contributed by atoms with Gasteiger partial charge in [-0.25, -0.2) is 0 Å². The lowest BCUT2D eigenvalue weighted by molar-refractivity contribution is 0.660. The van der Waals surface area contributed by atoms with Crippen LogP contribution in [0.1, 0.15) is 49.9 Å². The van der Waals surface area contributed by atoms with Crippen LogP contribution < -0.4 is 4.90 Å². The number of rotatable bonds is 5. The molecule has 0 aromatic heterocycles.